The van der Waals surface area contributed by atoms with E-state index < -0.39 is 29.7 Å². The van der Waals surface area contributed by atoms with E-state index in [0.717, 1.165) is 12.8 Å². The van der Waals surface area contributed by atoms with Crippen molar-refractivity contribution in [2.45, 2.75) is 91.5 Å². The summed E-state index contributed by atoms with van der Waals surface area (Å²) in [6.07, 6.45) is 7.40. The largest absolute Gasteiger partial charge is 0.444 e. The minimum absolute atomic E-state index is 0.0632. The van der Waals surface area contributed by atoms with Crippen LogP contribution in [0.15, 0.2) is 24.3 Å². The van der Waals surface area contributed by atoms with Crippen LogP contribution in [-0.4, -0.2) is 47.5 Å². The minimum atomic E-state index is -0.953. The average Bonchev–Trinajstić information content (AvgIpc) is 2.75. The molecular formula is C27H41N3O4. The third-order valence-electron chi connectivity index (χ3n) is 5.66. The molecule has 0 heterocycles. The van der Waals surface area contributed by atoms with Crippen LogP contribution in [0.3, 0.4) is 0 Å². The first-order chi connectivity index (χ1) is 15.9. The molecule has 0 saturated heterocycles. The number of hydrogen-bond donors (Lipinski definition) is 2. The van der Waals surface area contributed by atoms with Crippen LogP contribution in [-0.2, 0) is 14.3 Å². The van der Waals surface area contributed by atoms with Crippen molar-refractivity contribution in [2.75, 3.05) is 7.05 Å². The monoisotopic (exact) mass is 471 g/mol. The van der Waals surface area contributed by atoms with Crippen molar-refractivity contribution in [1.29, 1.82) is 0 Å². The molecule has 0 aliphatic carbocycles. The van der Waals surface area contributed by atoms with E-state index >= 15 is 0 Å². The van der Waals surface area contributed by atoms with Gasteiger partial charge in [-0.15, -0.1) is 6.42 Å². The molecule has 0 saturated carbocycles. The van der Waals surface area contributed by atoms with Gasteiger partial charge in [-0.3, -0.25) is 9.59 Å². The Kier molecular flexibility index (Phi) is 11.1. The van der Waals surface area contributed by atoms with E-state index in [2.05, 4.69) is 16.6 Å². The van der Waals surface area contributed by atoms with Gasteiger partial charge in [0.2, 0.25) is 11.8 Å². The number of carbonyl (C=O) groups excluding carboxylic acids is 3. The Morgan fingerprint density at radius 1 is 1.12 bits per heavy atom. The standard InChI is InChI=1S/C27H41N3O4/c1-10-15-19(5)28-24(31)23(21-17-14-13-16-20(21)12-3)30(9)25(32)22(18(4)11-2)29-26(33)34-27(6,7)8/h3,13-14,16-19,22-23H,10-11,15H2,1-2,4-9H3,(H,28,31)(H,29,33). The number of nitrogens with zero attached hydrogens (tertiary/aromatic N) is 1. The van der Waals surface area contributed by atoms with E-state index in [0.29, 0.717) is 17.5 Å². The molecule has 7 heteroatoms. The van der Waals surface area contributed by atoms with Crippen molar-refractivity contribution in [3.05, 3.63) is 35.4 Å². The molecule has 4 atom stereocenters. The Hall–Kier alpha value is -3.01. The van der Waals surface area contributed by atoms with Crippen LogP contribution in [0.4, 0.5) is 4.79 Å². The van der Waals surface area contributed by atoms with Crippen LogP contribution >= 0.6 is 0 Å². The number of likely N-dealkylation sites (N-methyl/N-ethyl adjacent to an activating group) is 1. The first-order valence-electron chi connectivity index (χ1n) is 12.0. The highest BCUT2D eigenvalue weighted by molar-refractivity contribution is 5.92. The van der Waals surface area contributed by atoms with Gasteiger partial charge in [0.1, 0.15) is 17.7 Å². The molecule has 34 heavy (non-hydrogen) atoms. The average molecular weight is 472 g/mol. The lowest BCUT2D eigenvalue weighted by atomic mass is 9.94. The van der Waals surface area contributed by atoms with Gasteiger partial charge in [0.05, 0.1) is 0 Å². The Morgan fingerprint density at radius 2 is 1.74 bits per heavy atom. The molecule has 0 aromatic heterocycles. The highest BCUT2D eigenvalue weighted by Crippen LogP contribution is 2.26. The van der Waals surface area contributed by atoms with Gasteiger partial charge in [-0.05, 0) is 51.7 Å². The summed E-state index contributed by atoms with van der Waals surface area (Å²) in [5.41, 5.74) is 0.385. The summed E-state index contributed by atoms with van der Waals surface area (Å²) < 4.78 is 5.37. The number of hydrogen-bond acceptors (Lipinski definition) is 4. The number of ether oxygens (including phenoxy) is 1. The zero-order valence-corrected chi connectivity index (χ0v) is 21.9. The van der Waals surface area contributed by atoms with Crippen LogP contribution in [0.1, 0.15) is 84.9 Å². The molecule has 188 valence electrons. The van der Waals surface area contributed by atoms with E-state index in [1.165, 1.54) is 4.90 Å². The van der Waals surface area contributed by atoms with Gasteiger partial charge in [-0.1, -0.05) is 57.7 Å². The highest BCUT2D eigenvalue weighted by atomic mass is 16.6. The Bertz CT molecular complexity index is 885. The van der Waals surface area contributed by atoms with Gasteiger partial charge >= 0.3 is 6.09 Å². The molecule has 0 aliphatic rings. The number of nitrogens with one attached hydrogen (secondary N) is 2. The van der Waals surface area contributed by atoms with Gasteiger partial charge in [0.15, 0.2) is 0 Å². The fraction of sp³-hybridized carbons (Fsp3) is 0.593. The zero-order valence-electron chi connectivity index (χ0n) is 21.9. The van der Waals surface area contributed by atoms with Crippen LogP contribution in [0, 0.1) is 18.3 Å². The Labute approximate surface area is 205 Å². The lowest BCUT2D eigenvalue weighted by molar-refractivity contribution is -0.142. The minimum Gasteiger partial charge on any atom is -0.444 e. The fourth-order valence-corrected chi connectivity index (χ4v) is 3.68. The molecule has 0 spiro atoms. The lowest BCUT2D eigenvalue weighted by Crippen LogP contribution is -2.54. The molecule has 0 aliphatic heterocycles. The van der Waals surface area contributed by atoms with Crippen molar-refractivity contribution in [2.24, 2.45) is 5.92 Å². The quantitative estimate of drug-likeness (QED) is 0.495. The molecule has 0 radical (unpaired) electrons. The second kappa shape index (κ2) is 13.0. The number of benzene rings is 1. The summed E-state index contributed by atoms with van der Waals surface area (Å²) in [5.74, 6) is 1.72. The SMILES string of the molecule is C#Cc1ccccc1C(C(=O)NC(C)CCC)N(C)C(=O)C(NC(=O)OC(C)(C)C)C(C)CC. The predicted molar refractivity (Wildman–Crippen MR) is 135 cm³/mol. The van der Waals surface area contributed by atoms with E-state index in [1.54, 1.807) is 52.1 Å². The molecule has 3 amide bonds. The summed E-state index contributed by atoms with van der Waals surface area (Å²) in [7, 11) is 1.57. The topological polar surface area (TPSA) is 87.7 Å². The third kappa shape index (κ3) is 8.40. The number of rotatable bonds is 10. The van der Waals surface area contributed by atoms with Gasteiger partial charge in [-0.2, -0.15) is 0 Å². The normalized spacial score (nSPS) is 14.7. The van der Waals surface area contributed by atoms with Gasteiger partial charge in [0, 0.05) is 18.7 Å². The van der Waals surface area contributed by atoms with E-state index in [1.807, 2.05) is 27.7 Å². The second-order valence-electron chi connectivity index (χ2n) is 9.79. The molecule has 0 bridgehead atoms. The first kappa shape index (κ1) is 29.0. The molecule has 7 nitrogen and oxygen atoms in total. The second-order valence-corrected chi connectivity index (χ2v) is 9.79. The maximum Gasteiger partial charge on any atom is 0.408 e. The number of amides is 3. The summed E-state index contributed by atoms with van der Waals surface area (Å²) in [6.45, 7) is 13.1. The Morgan fingerprint density at radius 3 is 2.26 bits per heavy atom. The molecule has 1 aromatic rings. The van der Waals surface area contributed by atoms with Crippen molar-refractivity contribution in [3.63, 3.8) is 0 Å². The maximum absolute atomic E-state index is 13.7. The van der Waals surface area contributed by atoms with Crippen LogP contribution in [0.2, 0.25) is 0 Å². The molecule has 0 fully saturated rings. The lowest BCUT2D eigenvalue weighted by Gasteiger charge is -2.34. The van der Waals surface area contributed by atoms with Crippen LogP contribution < -0.4 is 10.6 Å². The molecule has 4 unspecified atom stereocenters. The van der Waals surface area contributed by atoms with E-state index in [4.69, 9.17) is 11.2 Å². The maximum atomic E-state index is 13.7. The smallest absolute Gasteiger partial charge is 0.408 e. The molecule has 1 aromatic carbocycles. The van der Waals surface area contributed by atoms with Gasteiger partial charge < -0.3 is 20.3 Å². The summed E-state index contributed by atoms with van der Waals surface area (Å²) in [4.78, 5) is 41.0. The zero-order chi connectivity index (χ0) is 26.1. The molecular weight excluding hydrogens is 430 g/mol. The third-order valence-corrected chi connectivity index (χ3v) is 5.66. The van der Waals surface area contributed by atoms with Crippen molar-refractivity contribution in [3.8, 4) is 12.3 Å². The molecule has 2 N–H and O–H groups in total. The number of alkyl carbamates (subject to hydrolysis) is 1. The van der Waals surface area contributed by atoms with E-state index in [9.17, 15) is 14.4 Å². The van der Waals surface area contributed by atoms with Crippen molar-refractivity contribution in [1.82, 2.24) is 15.5 Å². The predicted octanol–water partition coefficient (Wildman–Crippen LogP) is 4.41. The number of carbonyl (C=O) groups is 3. The van der Waals surface area contributed by atoms with Crippen molar-refractivity contribution >= 4 is 17.9 Å². The number of terminal acetylenes is 1. The van der Waals surface area contributed by atoms with E-state index in [-0.39, 0.29) is 17.9 Å². The van der Waals surface area contributed by atoms with Crippen LogP contribution in [0.25, 0.3) is 0 Å². The van der Waals surface area contributed by atoms with Gasteiger partial charge in [-0.25, -0.2) is 4.79 Å². The summed E-state index contributed by atoms with van der Waals surface area (Å²) in [6, 6.07) is 5.20. The van der Waals surface area contributed by atoms with Crippen LogP contribution in [0.5, 0.6) is 0 Å². The van der Waals surface area contributed by atoms with Crippen molar-refractivity contribution < 1.29 is 19.1 Å². The highest BCUT2D eigenvalue weighted by Gasteiger charge is 2.37. The summed E-state index contributed by atoms with van der Waals surface area (Å²) >= 11 is 0. The van der Waals surface area contributed by atoms with Gasteiger partial charge in [0.25, 0.3) is 0 Å². The fourth-order valence-electron chi connectivity index (χ4n) is 3.68. The first-order valence-corrected chi connectivity index (χ1v) is 12.0. The Balaban J connectivity index is 3.37. The molecule has 1 rings (SSSR count). The summed E-state index contributed by atoms with van der Waals surface area (Å²) in [5, 5.41) is 5.72.